The highest BCUT2D eigenvalue weighted by molar-refractivity contribution is 5.75. The summed E-state index contributed by atoms with van der Waals surface area (Å²) in [6.07, 6.45) is 2.55. The summed E-state index contributed by atoms with van der Waals surface area (Å²) in [6, 6.07) is 0. The number of carbonyl (C=O) groups is 2. The monoisotopic (exact) mass is 214 g/mol. The molecule has 0 spiro atoms. The van der Waals surface area contributed by atoms with Crippen LogP contribution in [0.3, 0.4) is 0 Å². The summed E-state index contributed by atoms with van der Waals surface area (Å²) < 4.78 is 5.09. The number of aliphatic carboxylic acids is 1. The highest BCUT2D eigenvalue weighted by Gasteiger charge is 2.32. The molecule has 0 aromatic heterocycles. The molecule has 86 valence electrons. The summed E-state index contributed by atoms with van der Waals surface area (Å²) in [6.45, 7) is 3.60. The third kappa shape index (κ3) is 3.53. The van der Waals surface area contributed by atoms with Crippen LogP contribution in [0.2, 0.25) is 0 Å². The van der Waals surface area contributed by atoms with E-state index in [4.69, 9.17) is 9.84 Å². The second-order valence-corrected chi connectivity index (χ2v) is 4.38. The molecule has 0 aromatic rings. The molecule has 1 fully saturated rings. The molecule has 1 aliphatic rings. The third-order valence-corrected chi connectivity index (χ3v) is 2.71. The number of hydrogen-bond donors (Lipinski definition) is 1. The number of hydrogen-bond acceptors (Lipinski definition) is 3. The van der Waals surface area contributed by atoms with Gasteiger partial charge in [-0.15, -0.1) is 0 Å². The van der Waals surface area contributed by atoms with Crippen LogP contribution < -0.4 is 0 Å². The van der Waals surface area contributed by atoms with Gasteiger partial charge in [-0.3, -0.25) is 9.59 Å². The molecule has 15 heavy (non-hydrogen) atoms. The molecule has 0 saturated heterocycles. The second-order valence-electron chi connectivity index (χ2n) is 4.38. The molecule has 4 heteroatoms. The minimum atomic E-state index is -0.794. The Hall–Kier alpha value is -1.06. The molecule has 1 aliphatic carbocycles. The van der Waals surface area contributed by atoms with Crippen molar-refractivity contribution in [2.24, 2.45) is 11.8 Å². The standard InChI is InChI=1S/C11H18O4/c1-7(2)15-11(14)9-5-3-4-8(6-9)10(12)13/h7-9H,3-6H2,1-2H3,(H,12,13)/t8-,9+/m1/s1. The lowest BCUT2D eigenvalue weighted by molar-refractivity contribution is -0.155. The summed E-state index contributed by atoms with van der Waals surface area (Å²) in [5.74, 6) is -1.63. The van der Waals surface area contributed by atoms with Gasteiger partial charge in [0.05, 0.1) is 17.9 Å². The average molecular weight is 214 g/mol. The molecular formula is C11H18O4. The lowest BCUT2D eigenvalue weighted by Gasteiger charge is -2.25. The molecule has 1 saturated carbocycles. The Morgan fingerprint density at radius 3 is 2.40 bits per heavy atom. The Balaban J connectivity index is 2.48. The maximum atomic E-state index is 11.6. The van der Waals surface area contributed by atoms with Gasteiger partial charge < -0.3 is 9.84 Å². The minimum Gasteiger partial charge on any atom is -0.481 e. The van der Waals surface area contributed by atoms with Crippen LogP contribution in [0.5, 0.6) is 0 Å². The van der Waals surface area contributed by atoms with E-state index < -0.39 is 5.97 Å². The SMILES string of the molecule is CC(C)OC(=O)[C@H]1CCC[C@@H](C(=O)O)C1. The first-order chi connectivity index (χ1) is 7.00. The van der Waals surface area contributed by atoms with E-state index in [1.54, 1.807) is 13.8 Å². The zero-order valence-electron chi connectivity index (χ0n) is 9.23. The predicted molar refractivity (Wildman–Crippen MR) is 54.3 cm³/mol. The third-order valence-electron chi connectivity index (χ3n) is 2.71. The van der Waals surface area contributed by atoms with Gasteiger partial charge in [-0.2, -0.15) is 0 Å². The first-order valence-corrected chi connectivity index (χ1v) is 5.44. The Bertz CT molecular complexity index is 247. The van der Waals surface area contributed by atoms with Crippen molar-refractivity contribution in [3.63, 3.8) is 0 Å². The first kappa shape index (κ1) is 12.0. The fourth-order valence-corrected chi connectivity index (χ4v) is 1.96. The van der Waals surface area contributed by atoms with E-state index >= 15 is 0 Å². The van der Waals surface area contributed by atoms with Crippen LogP contribution in [0.15, 0.2) is 0 Å². The van der Waals surface area contributed by atoms with Crippen LogP contribution in [0.25, 0.3) is 0 Å². The summed E-state index contributed by atoms with van der Waals surface area (Å²) >= 11 is 0. The smallest absolute Gasteiger partial charge is 0.309 e. The van der Waals surface area contributed by atoms with Crippen molar-refractivity contribution in [3.8, 4) is 0 Å². The topological polar surface area (TPSA) is 63.6 Å². The lowest BCUT2D eigenvalue weighted by atomic mass is 9.81. The Labute approximate surface area is 89.6 Å². The van der Waals surface area contributed by atoms with E-state index in [1.807, 2.05) is 0 Å². The molecule has 1 N–H and O–H groups in total. The molecule has 0 unspecified atom stereocenters. The molecular weight excluding hydrogens is 196 g/mol. The van der Waals surface area contributed by atoms with Gasteiger partial charge in [0.25, 0.3) is 0 Å². The van der Waals surface area contributed by atoms with Crippen LogP contribution in [0, 0.1) is 11.8 Å². The summed E-state index contributed by atoms with van der Waals surface area (Å²) in [5.41, 5.74) is 0. The van der Waals surface area contributed by atoms with E-state index in [2.05, 4.69) is 0 Å². The molecule has 1 rings (SSSR count). The van der Waals surface area contributed by atoms with Crippen LogP contribution in [-0.4, -0.2) is 23.1 Å². The van der Waals surface area contributed by atoms with E-state index in [0.717, 1.165) is 12.8 Å². The number of carboxylic acid groups (broad SMARTS) is 1. The van der Waals surface area contributed by atoms with Gasteiger partial charge in [0, 0.05) is 0 Å². The largest absolute Gasteiger partial charge is 0.481 e. The number of carbonyl (C=O) groups excluding carboxylic acids is 1. The van der Waals surface area contributed by atoms with Crippen molar-refractivity contribution in [3.05, 3.63) is 0 Å². The molecule has 0 radical (unpaired) electrons. The molecule has 2 atom stereocenters. The van der Waals surface area contributed by atoms with Crippen molar-refractivity contribution in [2.45, 2.75) is 45.6 Å². The summed E-state index contributed by atoms with van der Waals surface area (Å²) in [7, 11) is 0. The lowest BCUT2D eigenvalue weighted by Crippen LogP contribution is -2.29. The fourth-order valence-electron chi connectivity index (χ4n) is 1.96. The Morgan fingerprint density at radius 1 is 1.27 bits per heavy atom. The quantitative estimate of drug-likeness (QED) is 0.728. The molecule has 0 aliphatic heterocycles. The molecule has 0 bridgehead atoms. The Morgan fingerprint density at radius 2 is 1.87 bits per heavy atom. The maximum Gasteiger partial charge on any atom is 0.309 e. The van der Waals surface area contributed by atoms with Gasteiger partial charge in [0.15, 0.2) is 0 Å². The van der Waals surface area contributed by atoms with Crippen LogP contribution >= 0.6 is 0 Å². The van der Waals surface area contributed by atoms with Gasteiger partial charge in [-0.05, 0) is 33.1 Å². The zero-order chi connectivity index (χ0) is 11.4. The molecule has 0 heterocycles. The van der Waals surface area contributed by atoms with Crippen molar-refractivity contribution in [1.29, 1.82) is 0 Å². The van der Waals surface area contributed by atoms with Gasteiger partial charge in [0.1, 0.15) is 0 Å². The minimum absolute atomic E-state index is 0.122. The Kier molecular flexibility index (Phi) is 4.12. The number of carboxylic acids is 1. The van der Waals surface area contributed by atoms with Crippen molar-refractivity contribution >= 4 is 11.9 Å². The van der Waals surface area contributed by atoms with Gasteiger partial charge in [0.2, 0.25) is 0 Å². The highest BCUT2D eigenvalue weighted by atomic mass is 16.5. The fraction of sp³-hybridized carbons (Fsp3) is 0.818. The van der Waals surface area contributed by atoms with E-state index in [9.17, 15) is 9.59 Å². The molecule has 4 nitrogen and oxygen atoms in total. The summed E-state index contributed by atoms with van der Waals surface area (Å²) in [4.78, 5) is 22.4. The molecule has 0 amide bonds. The normalized spacial score (nSPS) is 26.3. The molecule has 0 aromatic carbocycles. The average Bonchev–Trinajstić information content (AvgIpc) is 2.17. The van der Waals surface area contributed by atoms with E-state index in [-0.39, 0.29) is 23.9 Å². The van der Waals surface area contributed by atoms with Crippen LogP contribution in [-0.2, 0) is 14.3 Å². The predicted octanol–water partition coefficient (Wildman–Crippen LogP) is 1.83. The van der Waals surface area contributed by atoms with Crippen molar-refractivity contribution < 1.29 is 19.4 Å². The first-order valence-electron chi connectivity index (χ1n) is 5.44. The van der Waals surface area contributed by atoms with E-state index in [1.165, 1.54) is 0 Å². The van der Waals surface area contributed by atoms with Crippen LogP contribution in [0.1, 0.15) is 39.5 Å². The maximum absolute atomic E-state index is 11.6. The van der Waals surface area contributed by atoms with Gasteiger partial charge in [-0.1, -0.05) is 6.42 Å². The van der Waals surface area contributed by atoms with Crippen LogP contribution in [0.4, 0.5) is 0 Å². The van der Waals surface area contributed by atoms with Crippen molar-refractivity contribution in [1.82, 2.24) is 0 Å². The van der Waals surface area contributed by atoms with Gasteiger partial charge in [-0.25, -0.2) is 0 Å². The second kappa shape index (κ2) is 5.14. The van der Waals surface area contributed by atoms with Gasteiger partial charge >= 0.3 is 11.9 Å². The summed E-state index contributed by atoms with van der Waals surface area (Å²) in [5, 5.41) is 8.87. The number of esters is 1. The number of rotatable bonds is 3. The highest BCUT2D eigenvalue weighted by Crippen LogP contribution is 2.30. The van der Waals surface area contributed by atoms with Crippen molar-refractivity contribution in [2.75, 3.05) is 0 Å². The van der Waals surface area contributed by atoms with E-state index in [0.29, 0.717) is 12.8 Å². The number of ether oxygens (including phenoxy) is 1. The zero-order valence-corrected chi connectivity index (χ0v) is 9.23.